The molecule has 0 radical (unpaired) electrons. The van der Waals surface area contributed by atoms with Crippen LogP contribution in [0.4, 0.5) is 4.79 Å². The van der Waals surface area contributed by atoms with Gasteiger partial charge in [-0.3, -0.25) is 0 Å². The molecule has 0 aromatic heterocycles. The highest BCUT2D eigenvalue weighted by molar-refractivity contribution is 5.79. The van der Waals surface area contributed by atoms with Gasteiger partial charge in [0.25, 0.3) is 0 Å². The minimum atomic E-state index is -0.0419. The zero-order valence-corrected chi connectivity index (χ0v) is 9.25. The Morgan fingerprint density at radius 3 is 2.94 bits per heavy atom. The lowest BCUT2D eigenvalue weighted by Crippen LogP contribution is -2.66. The van der Waals surface area contributed by atoms with Gasteiger partial charge in [0, 0.05) is 11.6 Å². The molecule has 2 amide bonds. The molecule has 86 valence electrons. The number of rotatable bonds is 0. The summed E-state index contributed by atoms with van der Waals surface area (Å²) in [6.07, 6.45) is 9.34. The highest BCUT2D eigenvalue weighted by Crippen LogP contribution is 2.38. The average molecular weight is 219 g/mol. The summed E-state index contributed by atoms with van der Waals surface area (Å²) in [5.74, 6) is 0.428. The molecule has 1 spiro atoms. The van der Waals surface area contributed by atoms with Crippen LogP contribution >= 0.6 is 0 Å². The number of carbonyl (C=O) groups excluding carboxylic acids is 1. The van der Waals surface area contributed by atoms with E-state index in [2.05, 4.69) is 22.0 Å². The molecule has 1 unspecified atom stereocenters. The van der Waals surface area contributed by atoms with E-state index in [0.29, 0.717) is 5.92 Å². The molecule has 2 fully saturated rings. The van der Waals surface area contributed by atoms with E-state index in [9.17, 15) is 4.79 Å². The second kappa shape index (κ2) is 3.63. The van der Waals surface area contributed by atoms with Gasteiger partial charge in [0.15, 0.2) is 0 Å². The molecule has 1 aliphatic carbocycles. The summed E-state index contributed by atoms with van der Waals surface area (Å²) in [6.45, 7) is 1.99. The lowest BCUT2D eigenvalue weighted by atomic mass is 9.71. The maximum absolute atomic E-state index is 11.7. The maximum atomic E-state index is 11.7. The van der Waals surface area contributed by atoms with Crippen LogP contribution in [0.15, 0.2) is 23.9 Å². The molecule has 3 rings (SSSR count). The van der Waals surface area contributed by atoms with Crippen molar-refractivity contribution in [1.82, 2.24) is 16.0 Å². The van der Waals surface area contributed by atoms with Crippen molar-refractivity contribution >= 4 is 6.03 Å². The number of hydrogen-bond donors (Lipinski definition) is 3. The first-order valence-corrected chi connectivity index (χ1v) is 5.97. The molecule has 4 nitrogen and oxygen atoms in total. The number of hydrogen-bond acceptors (Lipinski definition) is 2. The Kier molecular flexibility index (Phi) is 2.24. The number of piperidine rings is 1. The number of carbonyl (C=O) groups is 1. The molecule has 3 aliphatic rings. The quantitative estimate of drug-likeness (QED) is 0.566. The molecule has 0 aromatic rings. The number of urea groups is 1. The Morgan fingerprint density at radius 1 is 1.31 bits per heavy atom. The van der Waals surface area contributed by atoms with Crippen molar-refractivity contribution in [2.75, 3.05) is 13.1 Å². The minimum Gasteiger partial charge on any atom is -0.332 e. The van der Waals surface area contributed by atoms with Crippen LogP contribution in [0.5, 0.6) is 0 Å². The molecule has 0 aromatic carbocycles. The van der Waals surface area contributed by atoms with Gasteiger partial charge in [-0.15, -0.1) is 0 Å². The van der Waals surface area contributed by atoms with E-state index < -0.39 is 0 Å². The summed E-state index contributed by atoms with van der Waals surface area (Å²) < 4.78 is 0. The van der Waals surface area contributed by atoms with Gasteiger partial charge in [-0.25, -0.2) is 4.79 Å². The van der Waals surface area contributed by atoms with E-state index in [0.717, 1.165) is 38.0 Å². The zero-order chi connectivity index (χ0) is 11.0. The van der Waals surface area contributed by atoms with Crippen molar-refractivity contribution in [3.8, 4) is 0 Å². The predicted octanol–water partition coefficient (Wildman–Crippen LogP) is 0.881. The first-order chi connectivity index (χ1) is 7.80. The molecule has 16 heavy (non-hydrogen) atoms. The molecule has 4 heteroatoms. The first kappa shape index (κ1) is 9.90. The van der Waals surface area contributed by atoms with Gasteiger partial charge in [-0.05, 0) is 38.4 Å². The van der Waals surface area contributed by atoms with Crippen molar-refractivity contribution in [2.24, 2.45) is 5.92 Å². The lowest BCUT2D eigenvalue weighted by Gasteiger charge is -2.48. The fourth-order valence-electron chi connectivity index (χ4n) is 3.10. The Balaban J connectivity index is 1.94. The Labute approximate surface area is 95.2 Å². The van der Waals surface area contributed by atoms with Gasteiger partial charge >= 0.3 is 6.03 Å². The van der Waals surface area contributed by atoms with Crippen LogP contribution in [0.2, 0.25) is 0 Å². The topological polar surface area (TPSA) is 53.2 Å². The molecule has 0 saturated carbocycles. The molecular weight excluding hydrogens is 202 g/mol. The minimum absolute atomic E-state index is 0.0236. The third-order valence-electron chi connectivity index (χ3n) is 3.94. The van der Waals surface area contributed by atoms with Crippen LogP contribution < -0.4 is 16.0 Å². The summed E-state index contributed by atoms with van der Waals surface area (Å²) in [4.78, 5) is 11.7. The van der Waals surface area contributed by atoms with Gasteiger partial charge in [-0.2, -0.15) is 0 Å². The summed E-state index contributed by atoms with van der Waals surface area (Å²) in [6, 6.07) is -0.0419. The number of allylic oxidation sites excluding steroid dienone is 3. The Hall–Kier alpha value is -1.29. The van der Waals surface area contributed by atoms with Gasteiger partial charge in [-0.1, -0.05) is 12.2 Å². The predicted molar refractivity (Wildman–Crippen MR) is 61.8 cm³/mol. The molecule has 2 aliphatic heterocycles. The highest BCUT2D eigenvalue weighted by Gasteiger charge is 2.46. The molecule has 3 N–H and O–H groups in total. The van der Waals surface area contributed by atoms with Crippen LogP contribution in [-0.4, -0.2) is 24.7 Å². The second-order valence-corrected chi connectivity index (χ2v) is 4.82. The fraction of sp³-hybridized carbons (Fsp3) is 0.583. The van der Waals surface area contributed by atoms with Gasteiger partial charge in [0.1, 0.15) is 0 Å². The van der Waals surface area contributed by atoms with Gasteiger partial charge < -0.3 is 16.0 Å². The standard InChI is InChI=1S/C12H17N3O/c16-11-14-10-4-2-1-3-9(10)12(15-11)5-7-13-8-6-12/h1-2,4,9,13H,3,5-8H2,(H2,14,15,16). The summed E-state index contributed by atoms with van der Waals surface area (Å²) >= 11 is 0. The summed E-state index contributed by atoms with van der Waals surface area (Å²) in [5, 5.41) is 9.45. The summed E-state index contributed by atoms with van der Waals surface area (Å²) in [7, 11) is 0. The van der Waals surface area contributed by atoms with Crippen LogP contribution in [0.1, 0.15) is 19.3 Å². The van der Waals surface area contributed by atoms with Gasteiger partial charge in [0.05, 0.1) is 5.54 Å². The van der Waals surface area contributed by atoms with E-state index >= 15 is 0 Å². The van der Waals surface area contributed by atoms with E-state index in [4.69, 9.17) is 0 Å². The van der Waals surface area contributed by atoms with E-state index in [1.165, 1.54) is 0 Å². The SMILES string of the molecule is O=C1NC2=CC=CCC2C2(CCNCC2)N1. The van der Waals surface area contributed by atoms with Crippen molar-refractivity contribution < 1.29 is 4.79 Å². The van der Waals surface area contributed by atoms with Crippen molar-refractivity contribution in [2.45, 2.75) is 24.8 Å². The molecule has 1 atom stereocenters. The van der Waals surface area contributed by atoms with E-state index in [1.807, 2.05) is 12.2 Å². The van der Waals surface area contributed by atoms with E-state index in [-0.39, 0.29) is 11.6 Å². The second-order valence-electron chi connectivity index (χ2n) is 4.82. The Morgan fingerprint density at radius 2 is 2.12 bits per heavy atom. The lowest BCUT2D eigenvalue weighted by molar-refractivity contribution is 0.150. The molecule has 2 heterocycles. The van der Waals surface area contributed by atoms with Crippen molar-refractivity contribution in [3.63, 3.8) is 0 Å². The molecule has 2 saturated heterocycles. The fourth-order valence-corrected chi connectivity index (χ4v) is 3.10. The number of amides is 2. The van der Waals surface area contributed by atoms with Crippen LogP contribution in [0.25, 0.3) is 0 Å². The zero-order valence-electron chi connectivity index (χ0n) is 9.25. The highest BCUT2D eigenvalue weighted by atomic mass is 16.2. The maximum Gasteiger partial charge on any atom is 0.319 e. The third kappa shape index (κ3) is 1.45. The third-order valence-corrected chi connectivity index (χ3v) is 3.94. The van der Waals surface area contributed by atoms with Crippen molar-refractivity contribution in [3.05, 3.63) is 23.9 Å². The smallest absolute Gasteiger partial charge is 0.319 e. The first-order valence-electron chi connectivity index (χ1n) is 5.97. The number of nitrogens with one attached hydrogen (secondary N) is 3. The normalized spacial score (nSPS) is 31.4. The average Bonchev–Trinajstić information content (AvgIpc) is 2.30. The summed E-state index contributed by atoms with van der Waals surface area (Å²) in [5.41, 5.74) is 1.07. The van der Waals surface area contributed by atoms with Crippen molar-refractivity contribution in [1.29, 1.82) is 0 Å². The van der Waals surface area contributed by atoms with Gasteiger partial charge in [0.2, 0.25) is 0 Å². The number of fused-ring (bicyclic) bond motifs is 2. The largest absolute Gasteiger partial charge is 0.332 e. The van der Waals surface area contributed by atoms with E-state index in [1.54, 1.807) is 0 Å². The van der Waals surface area contributed by atoms with Crippen LogP contribution in [0, 0.1) is 5.92 Å². The Bertz CT molecular complexity index is 366. The van der Waals surface area contributed by atoms with Crippen LogP contribution in [-0.2, 0) is 0 Å². The monoisotopic (exact) mass is 219 g/mol. The van der Waals surface area contributed by atoms with Crippen LogP contribution in [0.3, 0.4) is 0 Å². The molecular formula is C12H17N3O. The molecule has 0 bridgehead atoms.